The molecule has 3 rings (SSSR count). The molecular formula is C17H13Cl2N3O3. The van der Waals surface area contributed by atoms with E-state index in [0.29, 0.717) is 21.2 Å². The first kappa shape index (κ1) is 17.3. The molecule has 3 N–H and O–H groups in total. The van der Waals surface area contributed by atoms with Gasteiger partial charge in [0.05, 0.1) is 10.0 Å². The Hall–Kier alpha value is -2.57. The fourth-order valence-electron chi connectivity index (χ4n) is 2.60. The normalized spacial score (nSPS) is 19.3. The molecule has 0 saturated carbocycles. The van der Waals surface area contributed by atoms with Crippen LogP contribution in [0.15, 0.2) is 48.5 Å². The van der Waals surface area contributed by atoms with Crippen molar-refractivity contribution in [2.24, 2.45) is 0 Å². The maximum Gasteiger partial charge on any atom is 0.323 e. The van der Waals surface area contributed by atoms with E-state index in [-0.39, 0.29) is 6.54 Å². The number of carbonyl (C=O) groups is 3. The molecule has 1 fully saturated rings. The Morgan fingerprint density at radius 1 is 1.04 bits per heavy atom. The monoisotopic (exact) mass is 377 g/mol. The molecule has 2 aromatic carbocycles. The molecule has 8 heteroatoms. The second-order valence-corrected chi connectivity index (χ2v) is 6.27. The molecule has 1 aliphatic heterocycles. The molecule has 6 nitrogen and oxygen atoms in total. The van der Waals surface area contributed by atoms with Gasteiger partial charge in [0.25, 0.3) is 11.8 Å². The second-order valence-electron chi connectivity index (χ2n) is 5.46. The summed E-state index contributed by atoms with van der Waals surface area (Å²) in [5.74, 6) is -1.37. The van der Waals surface area contributed by atoms with Gasteiger partial charge in [-0.2, -0.15) is 0 Å². The molecule has 1 aliphatic rings. The Balaban J connectivity index is 1.87. The molecule has 1 unspecified atom stereocenters. The Bertz CT molecular complexity index is 857. The fraction of sp³-hybridized carbons (Fsp3) is 0.118. The zero-order valence-electron chi connectivity index (χ0n) is 12.8. The number of benzene rings is 2. The van der Waals surface area contributed by atoms with Crippen molar-refractivity contribution in [1.82, 2.24) is 16.0 Å². The average Bonchev–Trinajstić information content (AvgIpc) is 2.91. The van der Waals surface area contributed by atoms with Crippen LogP contribution in [-0.2, 0) is 21.7 Å². The molecule has 0 radical (unpaired) electrons. The first-order chi connectivity index (χ1) is 11.9. The van der Waals surface area contributed by atoms with E-state index in [0.717, 1.165) is 0 Å². The molecule has 128 valence electrons. The van der Waals surface area contributed by atoms with Gasteiger partial charge in [0.1, 0.15) is 0 Å². The van der Waals surface area contributed by atoms with Gasteiger partial charge in [0, 0.05) is 6.54 Å². The predicted octanol–water partition coefficient (Wildman–Crippen LogP) is 2.34. The number of rotatable bonds is 4. The number of carbonyl (C=O) groups excluding carboxylic acids is 3. The smallest absolute Gasteiger partial charge is 0.323 e. The zero-order chi connectivity index (χ0) is 18.0. The summed E-state index contributed by atoms with van der Waals surface area (Å²) >= 11 is 11.8. The molecule has 1 heterocycles. The maximum absolute atomic E-state index is 12.8. The van der Waals surface area contributed by atoms with E-state index in [4.69, 9.17) is 23.2 Å². The molecule has 4 amide bonds. The van der Waals surface area contributed by atoms with Crippen LogP contribution in [0.1, 0.15) is 11.1 Å². The lowest BCUT2D eigenvalue weighted by Crippen LogP contribution is -2.55. The highest BCUT2D eigenvalue weighted by atomic mass is 35.5. The van der Waals surface area contributed by atoms with Gasteiger partial charge in [-0.15, -0.1) is 0 Å². The summed E-state index contributed by atoms with van der Waals surface area (Å²) < 4.78 is 0. The molecule has 0 aromatic heterocycles. The van der Waals surface area contributed by atoms with Crippen molar-refractivity contribution in [1.29, 1.82) is 0 Å². The molecule has 2 aromatic rings. The Labute approximate surface area is 153 Å². The predicted molar refractivity (Wildman–Crippen MR) is 93.1 cm³/mol. The molecule has 0 bridgehead atoms. The molecule has 0 spiro atoms. The molecule has 1 atom stereocenters. The summed E-state index contributed by atoms with van der Waals surface area (Å²) in [6.07, 6.45) is 0. The van der Waals surface area contributed by atoms with Crippen LogP contribution in [0.4, 0.5) is 4.79 Å². The van der Waals surface area contributed by atoms with Gasteiger partial charge in [-0.05, 0) is 23.3 Å². The van der Waals surface area contributed by atoms with Crippen LogP contribution in [-0.4, -0.2) is 17.8 Å². The topological polar surface area (TPSA) is 87.3 Å². The van der Waals surface area contributed by atoms with Gasteiger partial charge in [-0.1, -0.05) is 59.6 Å². The minimum Gasteiger partial charge on any atom is -0.349 e. The summed E-state index contributed by atoms with van der Waals surface area (Å²) in [4.78, 5) is 36.8. The summed E-state index contributed by atoms with van der Waals surface area (Å²) in [7, 11) is 0. The fourth-order valence-corrected chi connectivity index (χ4v) is 2.92. The van der Waals surface area contributed by atoms with E-state index >= 15 is 0 Å². The van der Waals surface area contributed by atoms with Gasteiger partial charge >= 0.3 is 6.03 Å². The first-order valence-corrected chi connectivity index (χ1v) is 8.10. The van der Waals surface area contributed by atoms with Crippen molar-refractivity contribution in [3.8, 4) is 0 Å². The summed E-state index contributed by atoms with van der Waals surface area (Å²) in [5, 5.41) is 7.97. The lowest BCUT2D eigenvalue weighted by Gasteiger charge is -2.25. The van der Waals surface area contributed by atoms with E-state index in [1.807, 2.05) is 0 Å². The highest BCUT2D eigenvalue weighted by Crippen LogP contribution is 2.26. The molecule has 25 heavy (non-hydrogen) atoms. The molecular weight excluding hydrogens is 365 g/mol. The molecule has 0 aliphatic carbocycles. The maximum atomic E-state index is 12.8. The van der Waals surface area contributed by atoms with Gasteiger partial charge < -0.3 is 10.6 Å². The second kappa shape index (κ2) is 6.74. The molecule has 1 saturated heterocycles. The number of urea groups is 1. The number of imide groups is 1. The van der Waals surface area contributed by atoms with E-state index in [1.54, 1.807) is 48.5 Å². The van der Waals surface area contributed by atoms with Crippen LogP contribution < -0.4 is 16.0 Å². The quantitative estimate of drug-likeness (QED) is 0.564. The van der Waals surface area contributed by atoms with E-state index in [2.05, 4.69) is 16.0 Å². The largest absolute Gasteiger partial charge is 0.349 e. The summed E-state index contributed by atoms with van der Waals surface area (Å²) in [6.45, 7) is 0.119. The number of halogens is 2. The highest BCUT2D eigenvalue weighted by molar-refractivity contribution is 6.42. The van der Waals surface area contributed by atoms with Gasteiger partial charge in [-0.25, -0.2) is 4.79 Å². The van der Waals surface area contributed by atoms with Crippen LogP contribution in [0, 0.1) is 0 Å². The lowest BCUT2D eigenvalue weighted by atomic mass is 9.89. The van der Waals surface area contributed by atoms with Crippen molar-refractivity contribution in [2.45, 2.75) is 12.1 Å². The first-order valence-electron chi connectivity index (χ1n) is 7.35. The number of nitrogens with one attached hydrogen (secondary N) is 3. The van der Waals surface area contributed by atoms with Crippen LogP contribution in [0.3, 0.4) is 0 Å². The van der Waals surface area contributed by atoms with Crippen molar-refractivity contribution in [3.05, 3.63) is 69.7 Å². The van der Waals surface area contributed by atoms with Crippen LogP contribution in [0.2, 0.25) is 10.0 Å². The number of amides is 4. The third-order valence-corrected chi connectivity index (χ3v) is 4.59. The summed E-state index contributed by atoms with van der Waals surface area (Å²) in [5.41, 5.74) is -0.741. The number of hydrogen-bond donors (Lipinski definition) is 3. The minimum atomic E-state index is -1.81. The Kier molecular flexibility index (Phi) is 4.65. The van der Waals surface area contributed by atoms with E-state index in [9.17, 15) is 14.4 Å². The van der Waals surface area contributed by atoms with Crippen molar-refractivity contribution in [2.75, 3.05) is 0 Å². The van der Waals surface area contributed by atoms with E-state index < -0.39 is 23.4 Å². The van der Waals surface area contributed by atoms with Crippen LogP contribution in [0.5, 0.6) is 0 Å². The highest BCUT2D eigenvalue weighted by Gasteiger charge is 2.53. The van der Waals surface area contributed by atoms with Crippen molar-refractivity contribution in [3.63, 3.8) is 0 Å². The van der Waals surface area contributed by atoms with Crippen LogP contribution >= 0.6 is 23.2 Å². The standard InChI is InChI=1S/C17H13Cl2N3O3/c18-12-7-6-10(8-13(12)19)9-20-14(23)17(11-4-2-1-3-5-11)15(24)21-16(25)22-17/h1-8H,9H2,(H,20,23)(H2,21,22,24,25). The minimum absolute atomic E-state index is 0.119. The van der Waals surface area contributed by atoms with Gasteiger partial charge in [-0.3, -0.25) is 14.9 Å². The van der Waals surface area contributed by atoms with Crippen LogP contribution in [0.25, 0.3) is 0 Å². The summed E-state index contributed by atoms with van der Waals surface area (Å²) in [6, 6.07) is 12.5. The Morgan fingerprint density at radius 3 is 2.36 bits per heavy atom. The average molecular weight is 378 g/mol. The Morgan fingerprint density at radius 2 is 1.76 bits per heavy atom. The third kappa shape index (κ3) is 3.18. The number of hydrogen-bond acceptors (Lipinski definition) is 3. The zero-order valence-corrected chi connectivity index (χ0v) is 14.3. The van der Waals surface area contributed by atoms with E-state index in [1.165, 1.54) is 0 Å². The van der Waals surface area contributed by atoms with Crippen molar-refractivity contribution >= 4 is 41.0 Å². The van der Waals surface area contributed by atoms with Gasteiger partial charge in [0.15, 0.2) is 0 Å². The van der Waals surface area contributed by atoms with Crippen molar-refractivity contribution < 1.29 is 14.4 Å². The van der Waals surface area contributed by atoms with Gasteiger partial charge in [0.2, 0.25) is 5.54 Å². The SMILES string of the molecule is O=C1NC(=O)C(C(=O)NCc2ccc(Cl)c(Cl)c2)(c2ccccc2)N1. The lowest BCUT2D eigenvalue weighted by molar-refractivity contribution is -0.136. The third-order valence-electron chi connectivity index (χ3n) is 3.85.